The lowest BCUT2D eigenvalue weighted by molar-refractivity contribution is 1.37. The van der Waals surface area contributed by atoms with Crippen LogP contribution in [-0.4, -0.2) is 19.9 Å². The predicted octanol–water partition coefficient (Wildman–Crippen LogP) is 10.7. The summed E-state index contributed by atoms with van der Waals surface area (Å²) < 4.78 is 0. The zero-order chi connectivity index (χ0) is 30.2. The molecule has 0 radical (unpaired) electrons. The molecule has 10 rings (SSSR count). The van der Waals surface area contributed by atoms with Gasteiger partial charge in [0.15, 0.2) is 0 Å². The molecule has 4 heteroatoms. The van der Waals surface area contributed by atoms with Crippen molar-refractivity contribution in [3.63, 3.8) is 0 Å². The largest absolute Gasteiger partial charge is 0.254 e. The molecule has 4 heterocycles. The van der Waals surface area contributed by atoms with Crippen LogP contribution in [0.4, 0.5) is 0 Å². The molecule has 0 aliphatic heterocycles. The van der Waals surface area contributed by atoms with Crippen molar-refractivity contribution in [3.8, 4) is 22.5 Å². The van der Waals surface area contributed by atoms with Gasteiger partial charge in [-0.25, -0.2) is 9.97 Å². The number of pyridine rings is 4. The lowest BCUT2D eigenvalue weighted by Gasteiger charge is -2.14. The SMILES string of the molecule is c1cnc2c(c1)ccc1ccc(-c3ccc4c5ccc(-c6ccc7ccc8cccnc8c7n6)cc5c5ccccc5c4c3)nc12. The molecule has 0 bridgehead atoms. The summed E-state index contributed by atoms with van der Waals surface area (Å²) in [5.74, 6) is 0. The van der Waals surface area contributed by atoms with Gasteiger partial charge >= 0.3 is 0 Å². The van der Waals surface area contributed by atoms with Gasteiger partial charge in [0.1, 0.15) is 0 Å². The molecule has 212 valence electrons. The number of nitrogens with zero attached hydrogens (tertiary/aromatic N) is 4. The molecule has 0 aliphatic rings. The van der Waals surface area contributed by atoms with Gasteiger partial charge in [-0.05, 0) is 68.7 Å². The van der Waals surface area contributed by atoms with Crippen molar-refractivity contribution in [1.82, 2.24) is 19.9 Å². The molecule has 6 aromatic carbocycles. The Bertz CT molecular complexity index is 2660. The van der Waals surface area contributed by atoms with E-state index in [1.54, 1.807) is 0 Å². The third kappa shape index (κ3) is 3.74. The van der Waals surface area contributed by atoms with Crippen molar-refractivity contribution in [1.29, 1.82) is 0 Å². The Labute approximate surface area is 263 Å². The molecule has 0 atom stereocenters. The number of hydrogen-bond donors (Lipinski definition) is 0. The molecule has 0 saturated heterocycles. The first kappa shape index (κ1) is 25.1. The summed E-state index contributed by atoms with van der Waals surface area (Å²) in [4.78, 5) is 19.6. The average Bonchev–Trinajstić information content (AvgIpc) is 3.14. The van der Waals surface area contributed by atoms with Gasteiger partial charge in [-0.3, -0.25) is 9.97 Å². The molecule has 0 amide bonds. The Morgan fingerprint density at radius 2 is 0.717 bits per heavy atom. The van der Waals surface area contributed by atoms with Crippen LogP contribution in [0.2, 0.25) is 0 Å². The molecule has 10 aromatic rings. The standard InChI is InChI=1S/C42H24N4/c1-2-8-32-31(7-1)35-23-29(37-19-15-27-11-9-25-5-3-21-43-39(25)41(27)45-37)13-17-33(35)34-18-14-30(24-36(32)34)38-20-16-28-12-10-26-6-4-22-44-40(26)42(28)46-38/h1-24H. The van der Waals surface area contributed by atoms with Crippen LogP contribution in [0.5, 0.6) is 0 Å². The van der Waals surface area contributed by atoms with Gasteiger partial charge in [-0.15, -0.1) is 0 Å². The van der Waals surface area contributed by atoms with Crippen LogP contribution in [0.25, 0.3) is 98.4 Å². The summed E-state index contributed by atoms with van der Waals surface area (Å²) in [6.45, 7) is 0. The molecule has 4 nitrogen and oxygen atoms in total. The van der Waals surface area contributed by atoms with Crippen molar-refractivity contribution in [3.05, 3.63) is 146 Å². The minimum atomic E-state index is 0.928. The minimum absolute atomic E-state index is 0.928. The fourth-order valence-corrected chi connectivity index (χ4v) is 7.04. The molecule has 0 aliphatic carbocycles. The monoisotopic (exact) mass is 584 g/mol. The maximum absolute atomic E-state index is 5.13. The molecule has 46 heavy (non-hydrogen) atoms. The van der Waals surface area contributed by atoms with E-state index in [2.05, 4.69) is 131 Å². The Kier molecular flexibility index (Phi) is 5.25. The maximum atomic E-state index is 5.13. The second kappa shape index (κ2) is 9.62. The van der Waals surface area contributed by atoms with E-state index in [0.717, 1.165) is 66.1 Å². The summed E-state index contributed by atoms with van der Waals surface area (Å²) in [6.07, 6.45) is 3.67. The first-order valence-electron chi connectivity index (χ1n) is 15.5. The fraction of sp³-hybridized carbons (Fsp3) is 0. The zero-order valence-corrected chi connectivity index (χ0v) is 24.6. The van der Waals surface area contributed by atoms with E-state index < -0.39 is 0 Å². The topological polar surface area (TPSA) is 51.6 Å². The van der Waals surface area contributed by atoms with Gasteiger partial charge in [0, 0.05) is 45.1 Å². The van der Waals surface area contributed by atoms with Crippen molar-refractivity contribution in [2.45, 2.75) is 0 Å². The summed E-state index contributed by atoms with van der Waals surface area (Å²) >= 11 is 0. The Balaban J connectivity index is 1.17. The number of hydrogen-bond acceptors (Lipinski definition) is 4. The Morgan fingerprint density at radius 3 is 1.20 bits per heavy atom. The summed E-state index contributed by atoms with van der Waals surface area (Å²) in [5, 5.41) is 11.7. The Morgan fingerprint density at radius 1 is 0.304 bits per heavy atom. The van der Waals surface area contributed by atoms with Gasteiger partial charge in [-0.1, -0.05) is 97.1 Å². The summed E-state index contributed by atoms with van der Waals surface area (Å²) in [7, 11) is 0. The summed E-state index contributed by atoms with van der Waals surface area (Å²) in [6, 6.07) is 47.3. The Hall–Kier alpha value is -6.26. The number of benzene rings is 6. The van der Waals surface area contributed by atoms with Crippen molar-refractivity contribution in [2.75, 3.05) is 0 Å². The van der Waals surface area contributed by atoms with E-state index in [0.29, 0.717) is 0 Å². The zero-order valence-electron chi connectivity index (χ0n) is 24.6. The van der Waals surface area contributed by atoms with Crippen LogP contribution >= 0.6 is 0 Å². The molecule has 4 aromatic heterocycles. The predicted molar refractivity (Wildman–Crippen MR) is 191 cm³/mol. The van der Waals surface area contributed by atoms with E-state index >= 15 is 0 Å². The lowest BCUT2D eigenvalue weighted by atomic mass is 9.91. The van der Waals surface area contributed by atoms with Gasteiger partial charge in [-0.2, -0.15) is 0 Å². The van der Waals surface area contributed by atoms with E-state index in [1.165, 1.54) is 32.3 Å². The highest BCUT2D eigenvalue weighted by atomic mass is 14.8. The van der Waals surface area contributed by atoms with Gasteiger partial charge in [0.25, 0.3) is 0 Å². The molecule has 0 unspecified atom stereocenters. The van der Waals surface area contributed by atoms with Gasteiger partial charge in [0.05, 0.1) is 33.5 Å². The van der Waals surface area contributed by atoms with Crippen LogP contribution in [-0.2, 0) is 0 Å². The third-order valence-corrected chi connectivity index (χ3v) is 9.29. The second-order valence-electron chi connectivity index (χ2n) is 11.9. The van der Waals surface area contributed by atoms with E-state index in [9.17, 15) is 0 Å². The van der Waals surface area contributed by atoms with Crippen LogP contribution in [0, 0.1) is 0 Å². The quantitative estimate of drug-likeness (QED) is 0.190. The van der Waals surface area contributed by atoms with Crippen LogP contribution in [0.1, 0.15) is 0 Å². The first-order chi connectivity index (χ1) is 22.8. The van der Waals surface area contributed by atoms with Gasteiger partial charge < -0.3 is 0 Å². The molecular formula is C42H24N4. The van der Waals surface area contributed by atoms with E-state index in [1.807, 2.05) is 24.5 Å². The second-order valence-corrected chi connectivity index (χ2v) is 11.9. The number of fused-ring (bicyclic) bond motifs is 12. The minimum Gasteiger partial charge on any atom is -0.254 e. The van der Waals surface area contributed by atoms with E-state index in [4.69, 9.17) is 9.97 Å². The number of rotatable bonds is 2. The number of aromatic nitrogens is 4. The molecular weight excluding hydrogens is 560 g/mol. The average molecular weight is 585 g/mol. The molecule has 0 N–H and O–H groups in total. The molecule has 0 saturated carbocycles. The van der Waals surface area contributed by atoms with Gasteiger partial charge in [0.2, 0.25) is 0 Å². The maximum Gasteiger partial charge on any atom is 0.0972 e. The highest BCUT2D eigenvalue weighted by molar-refractivity contribution is 6.26. The fourth-order valence-electron chi connectivity index (χ4n) is 7.04. The van der Waals surface area contributed by atoms with Crippen LogP contribution in [0.3, 0.4) is 0 Å². The van der Waals surface area contributed by atoms with Crippen molar-refractivity contribution in [2.24, 2.45) is 0 Å². The molecule has 0 fully saturated rings. The third-order valence-electron chi connectivity index (χ3n) is 9.29. The van der Waals surface area contributed by atoms with Crippen molar-refractivity contribution >= 4 is 75.9 Å². The van der Waals surface area contributed by atoms with Crippen molar-refractivity contribution < 1.29 is 0 Å². The molecule has 0 spiro atoms. The highest BCUT2D eigenvalue weighted by Crippen LogP contribution is 2.39. The van der Waals surface area contributed by atoms with Crippen LogP contribution < -0.4 is 0 Å². The normalized spacial score (nSPS) is 11.9. The smallest absolute Gasteiger partial charge is 0.0972 e. The van der Waals surface area contributed by atoms with Crippen LogP contribution in [0.15, 0.2) is 146 Å². The lowest BCUT2D eigenvalue weighted by Crippen LogP contribution is -1.91. The summed E-state index contributed by atoms with van der Waals surface area (Å²) in [5.41, 5.74) is 7.78. The highest BCUT2D eigenvalue weighted by Gasteiger charge is 2.14. The van der Waals surface area contributed by atoms with E-state index in [-0.39, 0.29) is 0 Å². The first-order valence-corrected chi connectivity index (χ1v) is 15.5.